The molecule has 0 spiro atoms. The molecule has 18 heavy (non-hydrogen) atoms. The summed E-state index contributed by atoms with van der Waals surface area (Å²) in [6.07, 6.45) is 8.47. The van der Waals surface area contributed by atoms with Crippen molar-refractivity contribution >= 4 is 0 Å². The predicted octanol–water partition coefficient (Wildman–Crippen LogP) is 1.98. The largest absolute Gasteiger partial charge is 0.383 e. The highest BCUT2D eigenvalue weighted by atomic mass is 16.5. The van der Waals surface area contributed by atoms with Gasteiger partial charge in [0.1, 0.15) is 0 Å². The zero-order chi connectivity index (χ0) is 13.1. The first-order chi connectivity index (χ1) is 8.86. The fourth-order valence-corrected chi connectivity index (χ4v) is 1.80. The van der Waals surface area contributed by atoms with Crippen LogP contribution in [0.3, 0.4) is 0 Å². The van der Waals surface area contributed by atoms with Crippen molar-refractivity contribution in [3.05, 3.63) is 11.9 Å². The standard InChI is InChI=1S/C13H26N4O/c1-3-4-5-6-7-9-17-12-13(15-16-17)11-14-8-10-18-2/h12,14H,3-11H2,1-2H3. The van der Waals surface area contributed by atoms with Crippen LogP contribution in [0.5, 0.6) is 0 Å². The summed E-state index contributed by atoms with van der Waals surface area (Å²) < 4.78 is 6.91. The van der Waals surface area contributed by atoms with Gasteiger partial charge in [0, 0.05) is 32.9 Å². The summed E-state index contributed by atoms with van der Waals surface area (Å²) in [6, 6.07) is 0. The zero-order valence-electron chi connectivity index (χ0n) is 11.7. The van der Waals surface area contributed by atoms with E-state index in [2.05, 4.69) is 22.6 Å². The van der Waals surface area contributed by atoms with Crippen LogP contribution in [0.1, 0.15) is 44.7 Å². The molecule has 1 aromatic rings. The minimum Gasteiger partial charge on any atom is -0.383 e. The van der Waals surface area contributed by atoms with Crippen LogP contribution < -0.4 is 5.32 Å². The second kappa shape index (κ2) is 10.0. The summed E-state index contributed by atoms with van der Waals surface area (Å²) in [5.41, 5.74) is 1.000. The Bertz CT molecular complexity index is 301. The van der Waals surface area contributed by atoms with Crippen LogP contribution >= 0.6 is 0 Å². The molecule has 0 aliphatic heterocycles. The Balaban J connectivity index is 2.10. The van der Waals surface area contributed by atoms with Crippen molar-refractivity contribution in [1.82, 2.24) is 20.3 Å². The Morgan fingerprint density at radius 3 is 2.89 bits per heavy atom. The highest BCUT2D eigenvalue weighted by Crippen LogP contribution is 2.04. The fraction of sp³-hybridized carbons (Fsp3) is 0.846. The van der Waals surface area contributed by atoms with Gasteiger partial charge >= 0.3 is 0 Å². The number of hydrogen-bond acceptors (Lipinski definition) is 4. The number of hydrogen-bond donors (Lipinski definition) is 1. The lowest BCUT2D eigenvalue weighted by Gasteiger charge is -2.01. The number of ether oxygens (including phenoxy) is 1. The van der Waals surface area contributed by atoms with Gasteiger partial charge in [-0.25, -0.2) is 0 Å². The first kappa shape index (κ1) is 15.1. The molecule has 0 unspecified atom stereocenters. The summed E-state index contributed by atoms with van der Waals surface area (Å²) in [6.45, 7) is 5.56. The van der Waals surface area contributed by atoms with E-state index in [-0.39, 0.29) is 0 Å². The second-order valence-electron chi connectivity index (χ2n) is 4.56. The molecule has 104 valence electrons. The number of nitrogens with one attached hydrogen (secondary N) is 1. The van der Waals surface area contributed by atoms with Crippen LogP contribution in [0.15, 0.2) is 6.20 Å². The molecule has 0 saturated heterocycles. The van der Waals surface area contributed by atoms with Crippen molar-refractivity contribution in [1.29, 1.82) is 0 Å². The molecule has 0 amide bonds. The lowest BCUT2D eigenvalue weighted by Crippen LogP contribution is -2.18. The maximum absolute atomic E-state index is 4.97. The van der Waals surface area contributed by atoms with Crippen LogP contribution in [0.4, 0.5) is 0 Å². The maximum Gasteiger partial charge on any atom is 0.0964 e. The Labute approximate surface area is 110 Å². The van der Waals surface area contributed by atoms with Crippen LogP contribution in [0.2, 0.25) is 0 Å². The molecule has 5 nitrogen and oxygen atoms in total. The molecule has 0 aliphatic rings. The number of methoxy groups -OCH3 is 1. The van der Waals surface area contributed by atoms with Gasteiger partial charge in [0.2, 0.25) is 0 Å². The molecular formula is C13H26N4O. The van der Waals surface area contributed by atoms with Gasteiger partial charge in [-0.15, -0.1) is 5.10 Å². The maximum atomic E-state index is 4.97. The van der Waals surface area contributed by atoms with E-state index in [9.17, 15) is 0 Å². The van der Waals surface area contributed by atoms with Gasteiger partial charge in [0.15, 0.2) is 0 Å². The molecule has 0 saturated carbocycles. The average Bonchev–Trinajstić information content (AvgIpc) is 2.82. The Morgan fingerprint density at radius 1 is 1.28 bits per heavy atom. The minimum absolute atomic E-state index is 0.728. The molecular weight excluding hydrogens is 228 g/mol. The number of aryl methyl sites for hydroxylation is 1. The van der Waals surface area contributed by atoms with Crippen molar-refractivity contribution in [2.75, 3.05) is 20.3 Å². The number of nitrogens with zero attached hydrogens (tertiary/aromatic N) is 3. The van der Waals surface area contributed by atoms with E-state index in [1.165, 1.54) is 32.1 Å². The summed E-state index contributed by atoms with van der Waals surface area (Å²) in [4.78, 5) is 0. The molecule has 1 aromatic heterocycles. The van der Waals surface area contributed by atoms with Crippen LogP contribution in [0.25, 0.3) is 0 Å². The number of rotatable bonds is 11. The third-order valence-corrected chi connectivity index (χ3v) is 2.87. The van der Waals surface area contributed by atoms with Gasteiger partial charge in [-0.05, 0) is 6.42 Å². The van der Waals surface area contributed by atoms with E-state index in [0.29, 0.717) is 0 Å². The lowest BCUT2D eigenvalue weighted by molar-refractivity contribution is 0.199. The summed E-state index contributed by atoms with van der Waals surface area (Å²) in [5, 5.41) is 11.5. The van der Waals surface area contributed by atoms with E-state index in [1.54, 1.807) is 7.11 Å². The SMILES string of the molecule is CCCCCCCn1cc(CNCCOC)nn1. The summed E-state index contributed by atoms with van der Waals surface area (Å²) >= 11 is 0. The van der Waals surface area contributed by atoms with Crippen LogP contribution in [-0.4, -0.2) is 35.3 Å². The molecule has 1 heterocycles. The summed E-state index contributed by atoms with van der Waals surface area (Å²) in [5.74, 6) is 0. The third-order valence-electron chi connectivity index (χ3n) is 2.87. The molecule has 0 atom stereocenters. The highest BCUT2D eigenvalue weighted by molar-refractivity contribution is 4.91. The number of aromatic nitrogens is 3. The first-order valence-corrected chi connectivity index (χ1v) is 6.95. The van der Waals surface area contributed by atoms with Crippen molar-refractivity contribution < 1.29 is 4.74 Å². The fourth-order valence-electron chi connectivity index (χ4n) is 1.80. The zero-order valence-corrected chi connectivity index (χ0v) is 11.7. The predicted molar refractivity (Wildman–Crippen MR) is 72.4 cm³/mol. The second-order valence-corrected chi connectivity index (χ2v) is 4.56. The van der Waals surface area contributed by atoms with E-state index >= 15 is 0 Å². The van der Waals surface area contributed by atoms with E-state index in [4.69, 9.17) is 4.74 Å². The van der Waals surface area contributed by atoms with Gasteiger partial charge in [-0.2, -0.15) is 0 Å². The van der Waals surface area contributed by atoms with Crippen molar-refractivity contribution in [2.45, 2.75) is 52.1 Å². The van der Waals surface area contributed by atoms with Crippen molar-refractivity contribution in [3.8, 4) is 0 Å². The summed E-state index contributed by atoms with van der Waals surface area (Å²) in [7, 11) is 1.70. The first-order valence-electron chi connectivity index (χ1n) is 6.95. The lowest BCUT2D eigenvalue weighted by atomic mass is 10.1. The van der Waals surface area contributed by atoms with Gasteiger partial charge in [0.05, 0.1) is 12.3 Å². The molecule has 0 bridgehead atoms. The Morgan fingerprint density at radius 2 is 2.11 bits per heavy atom. The van der Waals surface area contributed by atoms with Crippen LogP contribution in [-0.2, 0) is 17.8 Å². The van der Waals surface area contributed by atoms with E-state index in [1.807, 2.05) is 10.9 Å². The van der Waals surface area contributed by atoms with E-state index < -0.39 is 0 Å². The normalized spacial score (nSPS) is 11.0. The Hall–Kier alpha value is -0.940. The molecule has 0 aromatic carbocycles. The van der Waals surface area contributed by atoms with Gasteiger partial charge in [-0.3, -0.25) is 4.68 Å². The van der Waals surface area contributed by atoms with Gasteiger partial charge in [-0.1, -0.05) is 37.8 Å². The number of unbranched alkanes of at least 4 members (excludes halogenated alkanes) is 4. The Kier molecular flexibility index (Phi) is 8.42. The van der Waals surface area contributed by atoms with Crippen molar-refractivity contribution in [2.24, 2.45) is 0 Å². The molecule has 0 fully saturated rings. The molecule has 1 rings (SSSR count). The minimum atomic E-state index is 0.728. The smallest absolute Gasteiger partial charge is 0.0964 e. The van der Waals surface area contributed by atoms with Gasteiger partial charge < -0.3 is 10.1 Å². The topological polar surface area (TPSA) is 52.0 Å². The highest BCUT2D eigenvalue weighted by Gasteiger charge is 2.00. The van der Waals surface area contributed by atoms with Crippen LogP contribution in [0, 0.1) is 0 Å². The molecule has 5 heteroatoms. The van der Waals surface area contributed by atoms with Crippen molar-refractivity contribution in [3.63, 3.8) is 0 Å². The molecule has 1 N–H and O–H groups in total. The van der Waals surface area contributed by atoms with E-state index in [0.717, 1.165) is 31.9 Å². The monoisotopic (exact) mass is 254 g/mol. The molecule has 0 aliphatic carbocycles. The quantitative estimate of drug-likeness (QED) is 0.614. The molecule has 0 radical (unpaired) electrons. The van der Waals surface area contributed by atoms with Gasteiger partial charge in [0.25, 0.3) is 0 Å². The average molecular weight is 254 g/mol. The third kappa shape index (κ3) is 6.71.